The fourth-order valence-electron chi connectivity index (χ4n) is 4.36. The normalized spacial score (nSPS) is 37.4. The minimum absolute atomic E-state index is 0.792. The van der Waals surface area contributed by atoms with Crippen LogP contribution in [-0.4, -0.2) is 61.2 Å². The Morgan fingerprint density at radius 3 is 2.21 bits per heavy atom. The van der Waals surface area contributed by atoms with Gasteiger partial charge in [-0.2, -0.15) is 0 Å². The lowest BCUT2D eigenvalue weighted by molar-refractivity contribution is 0.146. The molecule has 0 radical (unpaired) electrons. The smallest absolute Gasteiger partial charge is 0.0111 e. The lowest BCUT2D eigenvalue weighted by Crippen LogP contribution is -2.48. The van der Waals surface area contributed by atoms with Crippen LogP contribution in [0.1, 0.15) is 51.4 Å². The van der Waals surface area contributed by atoms with Crippen LogP contribution < -0.4 is 5.32 Å². The topological polar surface area (TPSA) is 18.5 Å². The fourth-order valence-corrected chi connectivity index (χ4v) is 4.36. The van der Waals surface area contributed by atoms with E-state index >= 15 is 0 Å². The van der Waals surface area contributed by atoms with Crippen LogP contribution >= 0.6 is 0 Å². The zero-order chi connectivity index (χ0) is 13.1. The predicted molar refractivity (Wildman–Crippen MR) is 80.5 cm³/mol. The first-order valence-electron chi connectivity index (χ1n) is 8.50. The van der Waals surface area contributed by atoms with Crippen LogP contribution in [0.2, 0.25) is 0 Å². The van der Waals surface area contributed by atoms with Crippen LogP contribution in [0.15, 0.2) is 0 Å². The van der Waals surface area contributed by atoms with Crippen molar-refractivity contribution >= 4 is 0 Å². The van der Waals surface area contributed by atoms with E-state index in [1.54, 1.807) is 0 Å². The Bertz CT molecular complexity index is 259. The lowest BCUT2D eigenvalue weighted by Gasteiger charge is -2.37. The van der Waals surface area contributed by atoms with Gasteiger partial charge in [-0.05, 0) is 58.7 Å². The maximum atomic E-state index is 3.84. The molecule has 3 rings (SSSR count). The number of nitrogens with one attached hydrogen (secondary N) is 1. The van der Waals surface area contributed by atoms with E-state index in [9.17, 15) is 0 Å². The average molecular weight is 265 g/mol. The number of nitrogens with zero attached hydrogens (tertiary/aromatic N) is 2. The Morgan fingerprint density at radius 2 is 1.58 bits per heavy atom. The molecule has 3 saturated heterocycles. The van der Waals surface area contributed by atoms with Crippen molar-refractivity contribution in [2.45, 2.75) is 69.5 Å². The van der Waals surface area contributed by atoms with Gasteiger partial charge in [0.1, 0.15) is 0 Å². The van der Waals surface area contributed by atoms with Gasteiger partial charge in [0.2, 0.25) is 0 Å². The molecule has 2 atom stereocenters. The first-order valence-corrected chi connectivity index (χ1v) is 8.50. The first kappa shape index (κ1) is 13.8. The summed E-state index contributed by atoms with van der Waals surface area (Å²) in [7, 11) is 2.33. The molecule has 0 spiro atoms. The average Bonchev–Trinajstić information content (AvgIpc) is 2.68. The Balaban J connectivity index is 1.36. The highest BCUT2D eigenvalue weighted by molar-refractivity contribution is 4.95. The molecule has 3 heteroatoms. The molecule has 2 unspecified atom stereocenters. The van der Waals surface area contributed by atoms with Gasteiger partial charge in [0.05, 0.1) is 0 Å². The van der Waals surface area contributed by atoms with E-state index in [2.05, 4.69) is 22.2 Å². The van der Waals surface area contributed by atoms with E-state index in [0.717, 1.165) is 18.1 Å². The zero-order valence-corrected chi connectivity index (χ0v) is 12.6. The van der Waals surface area contributed by atoms with Crippen LogP contribution in [0.25, 0.3) is 0 Å². The maximum absolute atomic E-state index is 3.84. The Labute approximate surface area is 118 Å². The van der Waals surface area contributed by atoms with Crippen LogP contribution in [-0.2, 0) is 0 Å². The molecule has 2 bridgehead atoms. The van der Waals surface area contributed by atoms with Crippen molar-refractivity contribution in [1.82, 2.24) is 15.1 Å². The number of fused-ring (bicyclic) bond motifs is 2. The van der Waals surface area contributed by atoms with Gasteiger partial charge in [-0.15, -0.1) is 0 Å². The molecular formula is C16H31N3. The van der Waals surface area contributed by atoms with Gasteiger partial charge in [0.25, 0.3) is 0 Å². The molecule has 3 fully saturated rings. The summed E-state index contributed by atoms with van der Waals surface area (Å²) in [5.41, 5.74) is 0. The van der Waals surface area contributed by atoms with Gasteiger partial charge in [-0.25, -0.2) is 0 Å². The molecule has 0 aromatic rings. The molecule has 3 nitrogen and oxygen atoms in total. The third-order valence-corrected chi connectivity index (χ3v) is 5.66. The van der Waals surface area contributed by atoms with E-state index in [1.165, 1.54) is 77.5 Å². The van der Waals surface area contributed by atoms with Crippen molar-refractivity contribution in [3.63, 3.8) is 0 Å². The molecule has 110 valence electrons. The molecule has 0 aromatic carbocycles. The molecule has 0 saturated carbocycles. The van der Waals surface area contributed by atoms with Gasteiger partial charge in [-0.3, -0.25) is 0 Å². The molecule has 3 aliphatic rings. The molecule has 1 N–H and O–H groups in total. The quantitative estimate of drug-likeness (QED) is 0.839. The minimum Gasteiger partial charge on any atom is -0.313 e. The van der Waals surface area contributed by atoms with Gasteiger partial charge < -0.3 is 15.1 Å². The molecule has 0 aliphatic carbocycles. The highest BCUT2D eigenvalue weighted by atomic mass is 15.2. The number of hydrogen-bond donors (Lipinski definition) is 1. The maximum Gasteiger partial charge on any atom is 0.0111 e. The van der Waals surface area contributed by atoms with Crippen molar-refractivity contribution in [2.24, 2.45) is 0 Å². The van der Waals surface area contributed by atoms with Crippen molar-refractivity contribution < 1.29 is 0 Å². The van der Waals surface area contributed by atoms with Crippen LogP contribution in [0.3, 0.4) is 0 Å². The SMILES string of the molecule is CN1C2CCC1CC(NCCN1CCCCCC1)C2. The minimum atomic E-state index is 0.792. The molecular weight excluding hydrogens is 234 g/mol. The van der Waals surface area contributed by atoms with Gasteiger partial charge in [0.15, 0.2) is 0 Å². The monoisotopic (exact) mass is 265 g/mol. The first-order chi connectivity index (χ1) is 9.33. The molecule has 0 aromatic heterocycles. The summed E-state index contributed by atoms with van der Waals surface area (Å²) in [6.07, 6.45) is 11.4. The predicted octanol–water partition coefficient (Wildman–Crippen LogP) is 2.08. The van der Waals surface area contributed by atoms with E-state index in [4.69, 9.17) is 0 Å². The van der Waals surface area contributed by atoms with Gasteiger partial charge in [-0.1, -0.05) is 12.8 Å². The second kappa shape index (κ2) is 6.55. The number of hydrogen-bond acceptors (Lipinski definition) is 3. The number of likely N-dealkylation sites (tertiary alicyclic amines) is 1. The van der Waals surface area contributed by atoms with E-state index in [1.807, 2.05) is 0 Å². The second-order valence-corrected chi connectivity index (χ2v) is 6.93. The van der Waals surface area contributed by atoms with Gasteiger partial charge >= 0.3 is 0 Å². The highest BCUT2D eigenvalue weighted by Crippen LogP contribution is 2.34. The molecule has 19 heavy (non-hydrogen) atoms. The van der Waals surface area contributed by atoms with E-state index in [0.29, 0.717) is 0 Å². The second-order valence-electron chi connectivity index (χ2n) is 6.93. The van der Waals surface area contributed by atoms with Crippen molar-refractivity contribution in [3.8, 4) is 0 Å². The largest absolute Gasteiger partial charge is 0.313 e. The standard InChI is InChI=1S/C16H31N3/c1-18-15-6-7-16(18)13-14(12-15)17-8-11-19-9-4-2-3-5-10-19/h14-17H,2-13H2,1H3. The fraction of sp³-hybridized carbons (Fsp3) is 1.00. The van der Waals surface area contributed by atoms with Crippen LogP contribution in [0, 0.1) is 0 Å². The Morgan fingerprint density at radius 1 is 0.947 bits per heavy atom. The summed E-state index contributed by atoms with van der Waals surface area (Å²) in [5, 5.41) is 3.84. The van der Waals surface area contributed by atoms with Gasteiger partial charge in [0, 0.05) is 31.2 Å². The Hall–Kier alpha value is -0.120. The summed E-state index contributed by atoms with van der Waals surface area (Å²) in [6.45, 7) is 5.14. The third-order valence-electron chi connectivity index (χ3n) is 5.66. The molecule has 3 aliphatic heterocycles. The van der Waals surface area contributed by atoms with Crippen molar-refractivity contribution in [1.29, 1.82) is 0 Å². The van der Waals surface area contributed by atoms with Crippen LogP contribution in [0.4, 0.5) is 0 Å². The Kier molecular flexibility index (Phi) is 4.78. The summed E-state index contributed by atoms with van der Waals surface area (Å²) in [4.78, 5) is 5.30. The number of piperidine rings is 1. The lowest BCUT2D eigenvalue weighted by atomic mass is 9.98. The summed E-state index contributed by atoms with van der Waals surface area (Å²) >= 11 is 0. The summed E-state index contributed by atoms with van der Waals surface area (Å²) < 4.78 is 0. The zero-order valence-electron chi connectivity index (χ0n) is 12.6. The van der Waals surface area contributed by atoms with Crippen LogP contribution in [0.5, 0.6) is 0 Å². The van der Waals surface area contributed by atoms with E-state index in [-0.39, 0.29) is 0 Å². The van der Waals surface area contributed by atoms with Crippen molar-refractivity contribution in [2.75, 3.05) is 33.2 Å². The molecule has 3 heterocycles. The number of rotatable bonds is 4. The summed E-state index contributed by atoms with van der Waals surface area (Å²) in [6, 6.07) is 2.53. The highest BCUT2D eigenvalue weighted by Gasteiger charge is 2.37. The molecule has 0 amide bonds. The summed E-state index contributed by atoms with van der Waals surface area (Å²) in [5.74, 6) is 0. The van der Waals surface area contributed by atoms with E-state index < -0.39 is 0 Å². The third kappa shape index (κ3) is 3.50. The van der Waals surface area contributed by atoms with Crippen molar-refractivity contribution in [3.05, 3.63) is 0 Å².